The van der Waals surface area contributed by atoms with Crippen LogP contribution in [0.15, 0.2) is 11.6 Å². The molecule has 6 nitrogen and oxygen atoms in total. The van der Waals surface area contributed by atoms with Crippen LogP contribution in [0, 0.1) is 45.3 Å². The molecule has 0 radical (unpaired) electrons. The summed E-state index contributed by atoms with van der Waals surface area (Å²) >= 11 is 0. The molecule has 4 fully saturated rings. The molecule has 1 heterocycles. The van der Waals surface area contributed by atoms with E-state index in [2.05, 4.69) is 40.7 Å². The van der Waals surface area contributed by atoms with Crippen molar-refractivity contribution < 1.29 is 29.6 Å². The average molecular weight is 533 g/mol. The van der Waals surface area contributed by atoms with E-state index in [0.29, 0.717) is 24.9 Å². The first-order valence-electron chi connectivity index (χ1n) is 15.1. The van der Waals surface area contributed by atoms with E-state index < -0.39 is 17.8 Å². The Kier molecular flexibility index (Phi) is 6.79. The summed E-state index contributed by atoms with van der Waals surface area (Å²) in [5.41, 5.74) is -0.108. The van der Waals surface area contributed by atoms with Gasteiger partial charge < -0.3 is 24.8 Å². The second-order valence-corrected chi connectivity index (χ2v) is 15.5. The van der Waals surface area contributed by atoms with Crippen LogP contribution in [0.1, 0.15) is 100 Å². The molecule has 0 amide bonds. The topological polar surface area (TPSA) is 96.2 Å². The standard InChI is InChI=1S/C32H52O6/c1-18(33)38-26-16-24-28(2,3)25(35)12-14-31(24,7)23-11-13-30(6)20(9-10-22(30)32(23,26)8)19-15-21(34)27(37-17-19)29(4,5)36/h10,19-21,23-27,34-36H,9,11-17H2,1-8H3/t19-,20-,21+,23-,24-,25+,26+,27-,30-,31+,32-/m0/s1. The van der Waals surface area contributed by atoms with Gasteiger partial charge in [0.1, 0.15) is 12.2 Å². The molecule has 38 heavy (non-hydrogen) atoms. The fraction of sp³-hybridized carbons (Fsp3) is 0.906. The van der Waals surface area contributed by atoms with Gasteiger partial charge in [-0.05, 0) is 98.7 Å². The van der Waals surface area contributed by atoms with Crippen LogP contribution in [0.25, 0.3) is 0 Å². The molecule has 0 unspecified atom stereocenters. The maximum atomic E-state index is 12.5. The van der Waals surface area contributed by atoms with E-state index in [4.69, 9.17) is 9.47 Å². The number of fused-ring (bicyclic) bond motifs is 5. The Morgan fingerprint density at radius 2 is 1.74 bits per heavy atom. The zero-order valence-corrected chi connectivity index (χ0v) is 24.9. The van der Waals surface area contributed by atoms with Crippen molar-refractivity contribution in [2.45, 2.75) is 130 Å². The Labute approximate surface area is 229 Å². The normalized spacial score (nSPS) is 50.3. The third-order valence-electron chi connectivity index (χ3n) is 12.6. The van der Waals surface area contributed by atoms with Crippen molar-refractivity contribution in [2.24, 2.45) is 45.3 Å². The lowest BCUT2D eigenvalue weighted by Crippen LogP contribution is -2.66. The number of hydrogen-bond donors (Lipinski definition) is 3. The lowest BCUT2D eigenvalue weighted by Gasteiger charge is -2.68. The van der Waals surface area contributed by atoms with E-state index in [1.807, 2.05) is 0 Å². The molecule has 6 heteroatoms. The number of allylic oxidation sites excluding steroid dienone is 1. The molecule has 3 saturated carbocycles. The highest BCUT2D eigenvalue weighted by Crippen LogP contribution is 2.73. The predicted molar refractivity (Wildman–Crippen MR) is 146 cm³/mol. The van der Waals surface area contributed by atoms with Gasteiger partial charge in [0.15, 0.2) is 0 Å². The van der Waals surface area contributed by atoms with Crippen molar-refractivity contribution in [1.29, 1.82) is 0 Å². The van der Waals surface area contributed by atoms with E-state index in [-0.39, 0.29) is 51.7 Å². The third-order valence-corrected chi connectivity index (χ3v) is 12.6. The number of ether oxygens (including phenoxy) is 2. The van der Waals surface area contributed by atoms with Gasteiger partial charge in [0.25, 0.3) is 0 Å². The first-order valence-corrected chi connectivity index (χ1v) is 15.1. The van der Waals surface area contributed by atoms with Gasteiger partial charge in [0, 0.05) is 12.3 Å². The van der Waals surface area contributed by atoms with Gasteiger partial charge in [-0.1, -0.05) is 46.3 Å². The molecular weight excluding hydrogens is 480 g/mol. The van der Waals surface area contributed by atoms with Crippen LogP contribution in [0.3, 0.4) is 0 Å². The fourth-order valence-corrected chi connectivity index (χ4v) is 10.8. The lowest BCUT2D eigenvalue weighted by atomic mass is 9.37. The first kappa shape index (κ1) is 28.6. The van der Waals surface area contributed by atoms with Crippen LogP contribution < -0.4 is 0 Å². The minimum Gasteiger partial charge on any atom is -0.462 e. The maximum absolute atomic E-state index is 12.5. The minimum atomic E-state index is -1.08. The van der Waals surface area contributed by atoms with Crippen LogP contribution in [-0.2, 0) is 14.3 Å². The monoisotopic (exact) mass is 532 g/mol. The summed E-state index contributed by atoms with van der Waals surface area (Å²) in [7, 11) is 0. The van der Waals surface area contributed by atoms with E-state index >= 15 is 0 Å². The maximum Gasteiger partial charge on any atom is 0.302 e. The van der Waals surface area contributed by atoms with Gasteiger partial charge in [0.2, 0.25) is 0 Å². The van der Waals surface area contributed by atoms with Crippen molar-refractivity contribution in [3.05, 3.63) is 11.6 Å². The zero-order valence-electron chi connectivity index (χ0n) is 24.9. The van der Waals surface area contributed by atoms with Gasteiger partial charge in [0.05, 0.1) is 24.4 Å². The number of rotatable bonds is 3. The summed E-state index contributed by atoms with van der Waals surface area (Å²) in [5, 5.41) is 32.4. The van der Waals surface area contributed by atoms with Crippen LogP contribution >= 0.6 is 0 Å². The molecule has 0 bridgehead atoms. The van der Waals surface area contributed by atoms with Gasteiger partial charge in [-0.15, -0.1) is 0 Å². The SMILES string of the molecule is CC(=O)O[C@@H]1C[C@H]2C(C)(C)[C@H](O)CC[C@]2(C)[C@@H]2CC[C@]3(C)C(=CC[C@H]3[C@@H]3CO[C@H](C(C)(C)O)[C@H](O)C3)[C@]12C. The van der Waals surface area contributed by atoms with Crippen molar-refractivity contribution in [3.63, 3.8) is 0 Å². The minimum absolute atomic E-state index is 0.0497. The first-order chi connectivity index (χ1) is 17.5. The highest BCUT2D eigenvalue weighted by molar-refractivity contribution is 5.66. The van der Waals surface area contributed by atoms with Crippen molar-refractivity contribution in [3.8, 4) is 0 Å². The third kappa shape index (κ3) is 3.98. The molecule has 11 atom stereocenters. The van der Waals surface area contributed by atoms with E-state index in [0.717, 1.165) is 38.5 Å². The molecule has 0 aromatic carbocycles. The van der Waals surface area contributed by atoms with Crippen molar-refractivity contribution in [2.75, 3.05) is 6.61 Å². The summed E-state index contributed by atoms with van der Waals surface area (Å²) in [6, 6.07) is 0. The van der Waals surface area contributed by atoms with Crippen molar-refractivity contribution in [1.82, 2.24) is 0 Å². The summed E-state index contributed by atoms with van der Waals surface area (Å²) in [6.45, 7) is 17.1. The zero-order chi connectivity index (χ0) is 28.1. The quantitative estimate of drug-likeness (QED) is 0.349. The van der Waals surface area contributed by atoms with Gasteiger partial charge in [-0.25, -0.2) is 0 Å². The molecule has 3 N–H and O–H groups in total. The van der Waals surface area contributed by atoms with Gasteiger partial charge in [-0.2, -0.15) is 0 Å². The average Bonchev–Trinajstić information content (AvgIpc) is 3.15. The summed E-state index contributed by atoms with van der Waals surface area (Å²) in [4.78, 5) is 12.5. The van der Waals surface area contributed by atoms with Gasteiger partial charge >= 0.3 is 5.97 Å². The largest absolute Gasteiger partial charge is 0.462 e. The van der Waals surface area contributed by atoms with Gasteiger partial charge in [-0.3, -0.25) is 4.79 Å². The highest BCUT2D eigenvalue weighted by atomic mass is 16.5. The number of esters is 1. The Bertz CT molecular complexity index is 981. The Hall–Kier alpha value is -0.950. The molecule has 5 aliphatic rings. The fourth-order valence-electron chi connectivity index (χ4n) is 10.8. The van der Waals surface area contributed by atoms with E-state index in [9.17, 15) is 20.1 Å². The smallest absolute Gasteiger partial charge is 0.302 e. The number of carbonyl (C=O) groups is 1. The molecule has 0 spiro atoms. The highest BCUT2D eigenvalue weighted by Gasteiger charge is 2.69. The molecule has 1 aliphatic heterocycles. The number of aliphatic hydroxyl groups is 3. The Morgan fingerprint density at radius 1 is 1.05 bits per heavy atom. The van der Waals surface area contributed by atoms with Crippen LogP contribution in [0.5, 0.6) is 0 Å². The van der Waals surface area contributed by atoms with Crippen LogP contribution in [-0.4, -0.2) is 57.9 Å². The predicted octanol–water partition coefficient (Wildman–Crippen LogP) is 5.03. The molecule has 216 valence electrons. The Balaban J connectivity index is 1.49. The Morgan fingerprint density at radius 3 is 2.34 bits per heavy atom. The second-order valence-electron chi connectivity index (χ2n) is 15.5. The molecular formula is C32H52O6. The second kappa shape index (κ2) is 9.03. The van der Waals surface area contributed by atoms with Crippen LogP contribution in [0.4, 0.5) is 0 Å². The summed E-state index contributed by atoms with van der Waals surface area (Å²) < 4.78 is 12.3. The molecule has 1 saturated heterocycles. The van der Waals surface area contributed by atoms with Crippen LogP contribution in [0.2, 0.25) is 0 Å². The molecule has 0 aromatic heterocycles. The summed E-state index contributed by atoms with van der Waals surface area (Å²) in [5.74, 6) is 0.988. The lowest BCUT2D eigenvalue weighted by molar-refractivity contribution is -0.224. The van der Waals surface area contributed by atoms with Crippen molar-refractivity contribution >= 4 is 5.97 Å². The van der Waals surface area contributed by atoms with E-state index in [1.165, 1.54) is 12.5 Å². The molecule has 0 aromatic rings. The van der Waals surface area contributed by atoms with E-state index in [1.54, 1.807) is 13.8 Å². The number of aliphatic hydroxyl groups excluding tert-OH is 2. The summed E-state index contributed by atoms with van der Waals surface area (Å²) in [6.07, 6.45) is 6.97. The number of hydrogen-bond acceptors (Lipinski definition) is 6. The number of carbonyl (C=O) groups excluding carboxylic acids is 1. The molecule has 5 rings (SSSR count). The molecule has 4 aliphatic carbocycles.